The molecule has 2 unspecified atom stereocenters. The number of halogens is 2. The fourth-order valence-corrected chi connectivity index (χ4v) is 1.81. The van der Waals surface area contributed by atoms with E-state index in [4.69, 9.17) is 0 Å². The number of rotatable bonds is 4. The van der Waals surface area contributed by atoms with Gasteiger partial charge >= 0.3 is 0 Å². The van der Waals surface area contributed by atoms with E-state index in [1.807, 2.05) is 27.7 Å². The van der Waals surface area contributed by atoms with Gasteiger partial charge in [-0.15, -0.1) is 0 Å². The van der Waals surface area contributed by atoms with Gasteiger partial charge < -0.3 is 5.32 Å². The summed E-state index contributed by atoms with van der Waals surface area (Å²) >= 11 is 0. The average Bonchev–Trinajstić information content (AvgIpc) is 2.15. The van der Waals surface area contributed by atoms with Crippen LogP contribution in [0.4, 0.5) is 8.78 Å². The third-order valence-electron chi connectivity index (χ3n) is 2.80. The normalized spacial score (nSPS) is 15.2. The highest BCUT2D eigenvalue weighted by Crippen LogP contribution is 2.23. The largest absolute Gasteiger partial charge is 0.311 e. The van der Waals surface area contributed by atoms with Gasteiger partial charge in [-0.1, -0.05) is 26.8 Å². The summed E-state index contributed by atoms with van der Waals surface area (Å²) in [5.74, 6) is -0.981. The van der Waals surface area contributed by atoms with Crippen molar-refractivity contribution in [1.82, 2.24) is 5.32 Å². The Hall–Kier alpha value is -0.960. The van der Waals surface area contributed by atoms with Crippen molar-refractivity contribution >= 4 is 0 Å². The number of hydrogen-bond donors (Lipinski definition) is 1. The summed E-state index contributed by atoms with van der Waals surface area (Å²) in [6, 6.07) is 4.26. The predicted molar refractivity (Wildman–Crippen MR) is 62.5 cm³/mol. The van der Waals surface area contributed by atoms with Crippen LogP contribution in [-0.2, 0) is 0 Å². The molecular weight excluding hydrogens is 208 g/mol. The van der Waals surface area contributed by atoms with Crippen LogP contribution in [0.25, 0.3) is 0 Å². The van der Waals surface area contributed by atoms with Crippen LogP contribution in [0.2, 0.25) is 0 Å². The van der Waals surface area contributed by atoms with Gasteiger partial charge in [0.15, 0.2) is 0 Å². The van der Waals surface area contributed by atoms with Gasteiger partial charge in [0.2, 0.25) is 0 Å². The molecule has 0 aliphatic rings. The van der Waals surface area contributed by atoms with Gasteiger partial charge in [0, 0.05) is 18.2 Å². The Labute approximate surface area is 95.9 Å². The highest BCUT2D eigenvalue weighted by Gasteiger charge is 2.18. The minimum Gasteiger partial charge on any atom is -0.311 e. The maximum atomic E-state index is 13.5. The van der Waals surface area contributed by atoms with E-state index in [-0.39, 0.29) is 12.0 Å². The summed E-state index contributed by atoms with van der Waals surface area (Å²) in [5, 5.41) is 3.32. The smallest absolute Gasteiger partial charge is 0.129 e. The lowest BCUT2D eigenvalue weighted by Crippen LogP contribution is -2.36. The van der Waals surface area contributed by atoms with Gasteiger partial charge in [-0.2, -0.15) is 0 Å². The molecule has 0 aliphatic carbocycles. The lowest BCUT2D eigenvalue weighted by Gasteiger charge is -2.24. The topological polar surface area (TPSA) is 12.0 Å². The SMILES string of the molecule is CC(C)NC(C)C(C)c1ccc(F)cc1F. The molecule has 0 amide bonds. The molecule has 0 aliphatic heterocycles. The molecule has 1 N–H and O–H groups in total. The first-order valence-corrected chi connectivity index (χ1v) is 5.62. The van der Waals surface area contributed by atoms with Gasteiger partial charge in [-0.05, 0) is 24.5 Å². The zero-order valence-electron chi connectivity index (χ0n) is 10.2. The Balaban J connectivity index is 2.83. The standard InChI is InChI=1S/C13H19F2N/c1-8(2)16-10(4)9(3)12-6-5-11(14)7-13(12)15/h5-10,16H,1-4H3. The summed E-state index contributed by atoms with van der Waals surface area (Å²) in [6.07, 6.45) is 0. The Morgan fingerprint density at radius 1 is 1.06 bits per heavy atom. The van der Waals surface area contributed by atoms with Gasteiger partial charge in [0.05, 0.1) is 0 Å². The molecule has 1 aromatic carbocycles. The second-order valence-electron chi connectivity index (χ2n) is 4.56. The predicted octanol–water partition coefficient (Wildman–Crippen LogP) is 3.45. The molecule has 1 aromatic rings. The fourth-order valence-electron chi connectivity index (χ4n) is 1.81. The Morgan fingerprint density at radius 2 is 1.69 bits per heavy atom. The van der Waals surface area contributed by atoms with Crippen LogP contribution in [0.1, 0.15) is 39.2 Å². The van der Waals surface area contributed by atoms with Gasteiger partial charge in [0.1, 0.15) is 11.6 Å². The molecule has 0 radical (unpaired) electrons. The van der Waals surface area contributed by atoms with Crippen molar-refractivity contribution < 1.29 is 8.78 Å². The first kappa shape index (κ1) is 13.1. The molecule has 2 atom stereocenters. The van der Waals surface area contributed by atoms with E-state index in [2.05, 4.69) is 5.32 Å². The molecule has 1 rings (SSSR count). The molecule has 0 saturated heterocycles. The molecule has 16 heavy (non-hydrogen) atoms. The van der Waals surface area contributed by atoms with E-state index in [0.717, 1.165) is 6.07 Å². The molecular formula is C13H19F2N. The Bertz CT molecular complexity index is 350. The first-order valence-electron chi connectivity index (χ1n) is 5.62. The van der Waals surface area contributed by atoms with Crippen molar-refractivity contribution in [2.24, 2.45) is 0 Å². The van der Waals surface area contributed by atoms with Crippen LogP contribution in [0.5, 0.6) is 0 Å². The quantitative estimate of drug-likeness (QED) is 0.830. The highest BCUT2D eigenvalue weighted by molar-refractivity contribution is 5.23. The highest BCUT2D eigenvalue weighted by atomic mass is 19.1. The zero-order chi connectivity index (χ0) is 12.3. The molecule has 0 fully saturated rings. The monoisotopic (exact) mass is 227 g/mol. The number of hydrogen-bond acceptors (Lipinski definition) is 1. The van der Waals surface area contributed by atoms with E-state index in [1.165, 1.54) is 12.1 Å². The van der Waals surface area contributed by atoms with Crippen molar-refractivity contribution in [3.8, 4) is 0 Å². The first-order chi connectivity index (χ1) is 7.41. The minimum absolute atomic E-state index is 0.0167. The van der Waals surface area contributed by atoms with Crippen LogP contribution in [0.15, 0.2) is 18.2 Å². The second-order valence-corrected chi connectivity index (χ2v) is 4.56. The molecule has 1 nitrogen and oxygen atoms in total. The zero-order valence-corrected chi connectivity index (χ0v) is 10.2. The molecule has 0 bridgehead atoms. The fraction of sp³-hybridized carbons (Fsp3) is 0.538. The van der Waals surface area contributed by atoms with E-state index >= 15 is 0 Å². The van der Waals surface area contributed by atoms with Gasteiger partial charge in [-0.3, -0.25) is 0 Å². The lowest BCUT2D eigenvalue weighted by molar-refractivity contribution is 0.428. The van der Waals surface area contributed by atoms with Crippen molar-refractivity contribution in [3.05, 3.63) is 35.4 Å². The second kappa shape index (κ2) is 5.39. The van der Waals surface area contributed by atoms with Crippen LogP contribution >= 0.6 is 0 Å². The van der Waals surface area contributed by atoms with Crippen LogP contribution in [-0.4, -0.2) is 12.1 Å². The molecule has 0 saturated carbocycles. The maximum absolute atomic E-state index is 13.5. The Kier molecular flexibility index (Phi) is 4.42. The van der Waals surface area contributed by atoms with Crippen LogP contribution in [0, 0.1) is 11.6 Å². The summed E-state index contributed by atoms with van der Waals surface area (Å²) in [7, 11) is 0. The van der Waals surface area contributed by atoms with E-state index in [9.17, 15) is 8.78 Å². The summed E-state index contributed by atoms with van der Waals surface area (Å²) in [5.41, 5.74) is 0.557. The average molecular weight is 227 g/mol. The van der Waals surface area contributed by atoms with E-state index in [0.29, 0.717) is 11.6 Å². The molecule has 3 heteroatoms. The van der Waals surface area contributed by atoms with Gasteiger partial charge in [-0.25, -0.2) is 8.78 Å². The van der Waals surface area contributed by atoms with Crippen molar-refractivity contribution in [3.63, 3.8) is 0 Å². The van der Waals surface area contributed by atoms with Crippen molar-refractivity contribution in [2.75, 3.05) is 0 Å². The maximum Gasteiger partial charge on any atom is 0.129 e. The number of benzene rings is 1. The third-order valence-corrected chi connectivity index (χ3v) is 2.80. The summed E-state index contributed by atoms with van der Waals surface area (Å²) in [4.78, 5) is 0. The minimum atomic E-state index is -0.530. The van der Waals surface area contributed by atoms with Crippen LogP contribution < -0.4 is 5.32 Å². The van der Waals surface area contributed by atoms with E-state index in [1.54, 1.807) is 0 Å². The van der Waals surface area contributed by atoms with E-state index < -0.39 is 11.6 Å². The third kappa shape index (κ3) is 3.27. The Morgan fingerprint density at radius 3 is 2.19 bits per heavy atom. The lowest BCUT2D eigenvalue weighted by atomic mass is 9.93. The molecule has 90 valence electrons. The van der Waals surface area contributed by atoms with Gasteiger partial charge in [0.25, 0.3) is 0 Å². The van der Waals surface area contributed by atoms with Crippen LogP contribution in [0.3, 0.4) is 0 Å². The molecule has 0 spiro atoms. The summed E-state index contributed by atoms with van der Waals surface area (Å²) in [6.45, 7) is 8.04. The van der Waals surface area contributed by atoms with Crippen molar-refractivity contribution in [1.29, 1.82) is 0 Å². The number of nitrogens with one attached hydrogen (secondary N) is 1. The van der Waals surface area contributed by atoms with Crippen molar-refractivity contribution in [2.45, 2.75) is 45.7 Å². The molecule has 0 aromatic heterocycles. The molecule has 0 heterocycles. The summed E-state index contributed by atoms with van der Waals surface area (Å²) < 4.78 is 26.3.